The Morgan fingerprint density at radius 1 is 0.385 bits per heavy atom. The van der Waals surface area contributed by atoms with E-state index >= 15 is 0 Å². The lowest BCUT2D eigenvalue weighted by Crippen LogP contribution is -2.17. The number of aromatic nitrogens is 3. The van der Waals surface area contributed by atoms with E-state index in [1.165, 1.54) is 55.6 Å². The molecule has 39 heavy (non-hydrogen) atoms. The highest BCUT2D eigenvalue weighted by atomic mass is 15.2. The van der Waals surface area contributed by atoms with Crippen LogP contribution in [0.2, 0.25) is 0 Å². The third kappa shape index (κ3) is 5.08. The SMILES string of the molecule is c1cc(-c2nc(-c3cccc(N4CCCC4)c3)nc(-c3cccc(N4CCCC4)c3)n2)cc(N2CCCC2)c1. The van der Waals surface area contributed by atoms with Gasteiger partial charge in [0.1, 0.15) is 0 Å². The fourth-order valence-electron chi connectivity index (χ4n) is 6.21. The Labute approximate surface area is 231 Å². The van der Waals surface area contributed by atoms with Crippen molar-refractivity contribution < 1.29 is 0 Å². The summed E-state index contributed by atoms with van der Waals surface area (Å²) in [5.74, 6) is 2.19. The van der Waals surface area contributed by atoms with Crippen LogP contribution in [0.15, 0.2) is 72.8 Å². The predicted molar refractivity (Wildman–Crippen MR) is 160 cm³/mol. The summed E-state index contributed by atoms with van der Waals surface area (Å²) in [7, 11) is 0. The molecule has 6 nitrogen and oxygen atoms in total. The lowest BCUT2D eigenvalue weighted by molar-refractivity contribution is 0.949. The van der Waals surface area contributed by atoms with E-state index in [4.69, 9.17) is 15.0 Å². The fraction of sp³-hybridized carbons (Fsp3) is 0.364. The molecule has 0 N–H and O–H groups in total. The van der Waals surface area contributed by atoms with Gasteiger partial charge in [-0.2, -0.15) is 0 Å². The Kier molecular flexibility index (Phi) is 6.61. The Morgan fingerprint density at radius 2 is 0.667 bits per heavy atom. The first-order valence-electron chi connectivity index (χ1n) is 14.6. The monoisotopic (exact) mass is 516 g/mol. The molecule has 4 heterocycles. The summed E-state index contributed by atoms with van der Waals surface area (Å²) in [6.45, 7) is 6.69. The van der Waals surface area contributed by atoms with Gasteiger partial charge in [-0.05, 0) is 74.9 Å². The van der Waals surface area contributed by atoms with Crippen molar-refractivity contribution in [2.24, 2.45) is 0 Å². The van der Waals surface area contributed by atoms with Crippen molar-refractivity contribution in [3.05, 3.63) is 72.8 Å². The van der Waals surface area contributed by atoms with Gasteiger partial charge in [0, 0.05) is 73.0 Å². The van der Waals surface area contributed by atoms with Gasteiger partial charge in [0.2, 0.25) is 0 Å². The molecule has 0 radical (unpaired) electrons. The van der Waals surface area contributed by atoms with Crippen molar-refractivity contribution in [3.63, 3.8) is 0 Å². The standard InChI is InChI=1S/C33H36N6/c1-2-17-37(16-1)28-13-7-10-25(22-28)31-34-32(26-11-8-14-29(23-26)38-18-3-4-19-38)36-33(35-31)27-12-9-15-30(24-27)39-20-5-6-21-39/h7-15,22-24H,1-6,16-21H2. The summed E-state index contributed by atoms with van der Waals surface area (Å²) in [6.07, 6.45) is 7.53. The molecular formula is C33H36N6. The van der Waals surface area contributed by atoms with Crippen molar-refractivity contribution in [2.75, 3.05) is 54.0 Å². The van der Waals surface area contributed by atoms with Gasteiger partial charge in [0.25, 0.3) is 0 Å². The van der Waals surface area contributed by atoms with Gasteiger partial charge in [0.05, 0.1) is 0 Å². The van der Waals surface area contributed by atoms with Crippen LogP contribution in [-0.4, -0.2) is 54.2 Å². The van der Waals surface area contributed by atoms with Gasteiger partial charge in [-0.25, -0.2) is 15.0 Å². The summed E-state index contributed by atoms with van der Waals surface area (Å²) in [5.41, 5.74) is 6.86. The summed E-state index contributed by atoms with van der Waals surface area (Å²) in [5, 5.41) is 0. The highest BCUT2D eigenvalue weighted by Gasteiger charge is 2.19. The predicted octanol–water partition coefficient (Wildman–Crippen LogP) is 6.67. The van der Waals surface area contributed by atoms with Crippen LogP contribution in [-0.2, 0) is 0 Å². The molecule has 3 saturated heterocycles. The van der Waals surface area contributed by atoms with E-state index in [1.54, 1.807) is 0 Å². The lowest BCUT2D eigenvalue weighted by Gasteiger charge is -2.19. The maximum absolute atomic E-state index is 5.07. The van der Waals surface area contributed by atoms with Crippen LogP contribution in [0.5, 0.6) is 0 Å². The van der Waals surface area contributed by atoms with E-state index in [-0.39, 0.29) is 0 Å². The molecule has 7 rings (SSSR count). The van der Waals surface area contributed by atoms with E-state index in [2.05, 4.69) is 87.5 Å². The summed E-state index contributed by atoms with van der Waals surface area (Å²) in [6, 6.07) is 26.1. The first-order valence-corrected chi connectivity index (χ1v) is 14.6. The van der Waals surface area contributed by atoms with Gasteiger partial charge in [-0.15, -0.1) is 0 Å². The average molecular weight is 517 g/mol. The molecule has 0 saturated carbocycles. The number of hydrogen-bond acceptors (Lipinski definition) is 6. The highest BCUT2D eigenvalue weighted by Crippen LogP contribution is 2.32. The van der Waals surface area contributed by atoms with Gasteiger partial charge < -0.3 is 14.7 Å². The molecular weight excluding hydrogens is 480 g/mol. The van der Waals surface area contributed by atoms with Gasteiger partial charge >= 0.3 is 0 Å². The maximum Gasteiger partial charge on any atom is 0.164 e. The minimum atomic E-state index is 0.731. The molecule has 198 valence electrons. The van der Waals surface area contributed by atoms with E-state index in [9.17, 15) is 0 Å². The minimum absolute atomic E-state index is 0.731. The molecule has 3 aliphatic rings. The molecule has 4 aromatic rings. The Hall–Kier alpha value is -3.93. The first kappa shape index (κ1) is 24.1. The van der Waals surface area contributed by atoms with Crippen LogP contribution in [0.3, 0.4) is 0 Å². The Morgan fingerprint density at radius 3 is 0.949 bits per heavy atom. The van der Waals surface area contributed by atoms with Crippen molar-refractivity contribution in [1.82, 2.24) is 15.0 Å². The van der Waals surface area contributed by atoms with Crippen molar-refractivity contribution in [3.8, 4) is 34.2 Å². The Balaban J connectivity index is 1.32. The third-order valence-electron chi connectivity index (χ3n) is 8.36. The first-order chi connectivity index (χ1) is 19.3. The van der Waals surface area contributed by atoms with E-state index in [0.29, 0.717) is 0 Å². The van der Waals surface area contributed by atoms with Crippen LogP contribution in [0.4, 0.5) is 17.1 Å². The van der Waals surface area contributed by atoms with Gasteiger partial charge in [-0.1, -0.05) is 36.4 Å². The molecule has 3 fully saturated rings. The number of nitrogens with zero attached hydrogens (tertiary/aromatic N) is 6. The number of rotatable bonds is 6. The third-order valence-corrected chi connectivity index (χ3v) is 8.36. The van der Waals surface area contributed by atoms with E-state index in [1.807, 2.05) is 0 Å². The highest BCUT2D eigenvalue weighted by molar-refractivity contribution is 5.72. The van der Waals surface area contributed by atoms with Crippen molar-refractivity contribution in [1.29, 1.82) is 0 Å². The minimum Gasteiger partial charge on any atom is -0.372 e. The zero-order valence-electron chi connectivity index (χ0n) is 22.6. The van der Waals surface area contributed by atoms with Crippen LogP contribution in [0.1, 0.15) is 38.5 Å². The second-order valence-corrected chi connectivity index (χ2v) is 11.0. The summed E-state index contributed by atoms with van der Waals surface area (Å²) >= 11 is 0. The molecule has 0 amide bonds. The normalized spacial score (nSPS) is 17.4. The molecule has 1 aromatic heterocycles. The summed E-state index contributed by atoms with van der Waals surface area (Å²) < 4.78 is 0. The largest absolute Gasteiger partial charge is 0.372 e. The number of hydrogen-bond donors (Lipinski definition) is 0. The maximum atomic E-state index is 5.07. The number of benzene rings is 3. The van der Waals surface area contributed by atoms with Crippen LogP contribution in [0, 0.1) is 0 Å². The Bertz CT molecular complexity index is 1260. The second kappa shape index (κ2) is 10.7. The lowest BCUT2D eigenvalue weighted by atomic mass is 10.1. The zero-order valence-corrected chi connectivity index (χ0v) is 22.6. The van der Waals surface area contributed by atoms with Gasteiger partial charge in [-0.3, -0.25) is 0 Å². The topological polar surface area (TPSA) is 48.4 Å². The molecule has 0 unspecified atom stereocenters. The summed E-state index contributed by atoms with van der Waals surface area (Å²) in [4.78, 5) is 22.6. The second-order valence-electron chi connectivity index (χ2n) is 11.0. The van der Waals surface area contributed by atoms with Crippen LogP contribution in [0.25, 0.3) is 34.2 Å². The fourth-order valence-corrected chi connectivity index (χ4v) is 6.21. The molecule has 3 aliphatic heterocycles. The zero-order chi connectivity index (χ0) is 26.0. The smallest absolute Gasteiger partial charge is 0.164 e. The molecule has 0 spiro atoms. The molecule has 3 aromatic carbocycles. The van der Waals surface area contributed by atoms with Crippen LogP contribution < -0.4 is 14.7 Å². The van der Waals surface area contributed by atoms with Crippen molar-refractivity contribution in [2.45, 2.75) is 38.5 Å². The van der Waals surface area contributed by atoms with E-state index in [0.717, 1.165) is 73.4 Å². The van der Waals surface area contributed by atoms with Crippen molar-refractivity contribution >= 4 is 17.1 Å². The average Bonchev–Trinajstić information content (AvgIpc) is 3.81. The van der Waals surface area contributed by atoms with Crippen LogP contribution >= 0.6 is 0 Å². The molecule has 0 atom stereocenters. The van der Waals surface area contributed by atoms with Gasteiger partial charge in [0.15, 0.2) is 17.5 Å². The molecule has 0 bridgehead atoms. The van der Waals surface area contributed by atoms with E-state index < -0.39 is 0 Å². The molecule has 0 aliphatic carbocycles. The molecule has 6 heteroatoms. The number of anilines is 3. The quantitative estimate of drug-likeness (QED) is 0.285.